The van der Waals surface area contributed by atoms with Gasteiger partial charge in [0, 0.05) is 11.7 Å². The maximum absolute atomic E-state index is 13.3. The number of anilines is 1. The van der Waals surface area contributed by atoms with E-state index in [2.05, 4.69) is 10.6 Å². The van der Waals surface area contributed by atoms with Crippen LogP contribution in [0.2, 0.25) is 0 Å². The van der Waals surface area contributed by atoms with Crippen molar-refractivity contribution in [1.82, 2.24) is 5.32 Å². The predicted octanol–water partition coefficient (Wildman–Crippen LogP) is 4.93. The maximum Gasteiger partial charge on any atom is 0.319 e. The van der Waals surface area contributed by atoms with Crippen LogP contribution in [0.1, 0.15) is 18.1 Å². The summed E-state index contributed by atoms with van der Waals surface area (Å²) in [4.78, 5) is 12.7. The lowest BCUT2D eigenvalue weighted by atomic mass is 9.98. The van der Waals surface area contributed by atoms with Gasteiger partial charge >= 0.3 is 6.03 Å². The van der Waals surface area contributed by atoms with Crippen LogP contribution in [0, 0.1) is 5.82 Å². The lowest BCUT2D eigenvalue weighted by molar-refractivity contribution is 0.174. The first-order valence-corrected chi connectivity index (χ1v) is 10.5. The summed E-state index contributed by atoms with van der Waals surface area (Å²) in [5, 5.41) is 5.89. The molecule has 0 aliphatic carbocycles. The molecule has 0 unspecified atom stereocenters. The van der Waals surface area contributed by atoms with E-state index in [1.165, 1.54) is 12.1 Å². The molecule has 0 spiro atoms. The second kappa shape index (κ2) is 10.0. The molecule has 1 atom stereocenters. The number of fused-ring (bicyclic) bond motifs is 1. The van der Waals surface area contributed by atoms with Crippen molar-refractivity contribution in [2.24, 2.45) is 0 Å². The second-order valence-corrected chi connectivity index (χ2v) is 7.48. The molecular weight excluding hydrogens is 411 g/mol. The first kappa shape index (κ1) is 21.5. The highest BCUT2D eigenvalue weighted by atomic mass is 19.1. The van der Waals surface area contributed by atoms with E-state index in [4.69, 9.17) is 14.2 Å². The number of amides is 2. The molecule has 4 rings (SSSR count). The van der Waals surface area contributed by atoms with E-state index in [1.54, 1.807) is 24.3 Å². The molecule has 2 amide bonds. The molecule has 166 valence electrons. The number of rotatable bonds is 8. The van der Waals surface area contributed by atoms with Gasteiger partial charge in [0.2, 0.25) is 6.79 Å². The summed E-state index contributed by atoms with van der Waals surface area (Å²) in [7, 11) is 0. The number of hydrogen-bond acceptors (Lipinski definition) is 4. The molecule has 1 aliphatic rings. The number of carbonyl (C=O) groups excluding carboxylic acids is 1. The van der Waals surface area contributed by atoms with Gasteiger partial charge in [-0.15, -0.1) is 0 Å². The minimum atomic E-state index is -0.318. The third-order valence-corrected chi connectivity index (χ3v) is 5.07. The van der Waals surface area contributed by atoms with Crippen LogP contribution < -0.4 is 24.8 Å². The largest absolute Gasteiger partial charge is 0.494 e. The molecule has 0 radical (unpaired) electrons. The first-order valence-electron chi connectivity index (χ1n) is 10.5. The molecule has 3 aromatic carbocycles. The van der Waals surface area contributed by atoms with Gasteiger partial charge in [0.15, 0.2) is 11.5 Å². The molecule has 1 heterocycles. The number of halogens is 1. The van der Waals surface area contributed by atoms with Gasteiger partial charge < -0.3 is 24.8 Å². The molecule has 2 N–H and O–H groups in total. The quantitative estimate of drug-likeness (QED) is 0.526. The van der Waals surface area contributed by atoms with Gasteiger partial charge in [-0.05, 0) is 79.4 Å². The van der Waals surface area contributed by atoms with Gasteiger partial charge in [-0.25, -0.2) is 9.18 Å². The van der Waals surface area contributed by atoms with E-state index in [9.17, 15) is 9.18 Å². The molecule has 3 aromatic rings. The fraction of sp³-hybridized carbons (Fsp3) is 0.240. The lowest BCUT2D eigenvalue weighted by Gasteiger charge is -2.20. The van der Waals surface area contributed by atoms with Crippen LogP contribution in [-0.2, 0) is 12.8 Å². The number of urea groups is 1. The fourth-order valence-corrected chi connectivity index (χ4v) is 3.59. The van der Waals surface area contributed by atoms with Crippen molar-refractivity contribution in [2.45, 2.75) is 25.8 Å². The Labute approximate surface area is 186 Å². The van der Waals surface area contributed by atoms with E-state index < -0.39 is 0 Å². The van der Waals surface area contributed by atoms with Crippen LogP contribution in [0.15, 0.2) is 66.7 Å². The van der Waals surface area contributed by atoms with Crippen molar-refractivity contribution >= 4 is 11.7 Å². The van der Waals surface area contributed by atoms with Crippen molar-refractivity contribution in [3.63, 3.8) is 0 Å². The lowest BCUT2D eigenvalue weighted by Crippen LogP contribution is -2.40. The van der Waals surface area contributed by atoms with E-state index >= 15 is 0 Å². The van der Waals surface area contributed by atoms with Crippen LogP contribution in [0.25, 0.3) is 0 Å². The third-order valence-electron chi connectivity index (χ3n) is 5.07. The Morgan fingerprint density at radius 1 is 0.969 bits per heavy atom. The van der Waals surface area contributed by atoms with E-state index in [1.807, 2.05) is 37.3 Å². The number of nitrogens with one attached hydrogen (secondary N) is 2. The SMILES string of the molecule is CCOc1ccc(NC(=O)N[C@H](Cc2ccc(F)cc2)Cc2ccc3c(c2)OCO3)cc1. The average molecular weight is 436 g/mol. The molecule has 1 aliphatic heterocycles. The molecule has 7 heteroatoms. The number of ether oxygens (including phenoxy) is 3. The standard InChI is InChI=1S/C25H25FN2O4/c1-2-30-22-10-8-20(9-11-22)27-25(29)28-21(13-17-3-6-19(26)7-4-17)14-18-5-12-23-24(15-18)32-16-31-23/h3-12,15,21H,2,13-14,16H2,1H3,(H2,27,28,29)/t21-/m1/s1. The van der Waals surface area contributed by atoms with Gasteiger partial charge in [-0.2, -0.15) is 0 Å². The van der Waals surface area contributed by atoms with Crippen LogP contribution in [0.5, 0.6) is 17.2 Å². The van der Waals surface area contributed by atoms with Crippen LogP contribution in [0.4, 0.5) is 14.9 Å². The monoisotopic (exact) mass is 436 g/mol. The molecule has 0 saturated carbocycles. The van der Waals surface area contributed by atoms with Crippen molar-refractivity contribution in [1.29, 1.82) is 0 Å². The third kappa shape index (κ3) is 5.69. The zero-order valence-electron chi connectivity index (χ0n) is 17.8. The summed E-state index contributed by atoms with van der Waals surface area (Å²) in [6.45, 7) is 2.71. The Bertz CT molecular complexity index is 1050. The van der Waals surface area contributed by atoms with Gasteiger partial charge in [-0.1, -0.05) is 18.2 Å². The van der Waals surface area contributed by atoms with Crippen LogP contribution in [0.3, 0.4) is 0 Å². The topological polar surface area (TPSA) is 68.8 Å². The van der Waals surface area contributed by atoms with Crippen molar-refractivity contribution in [3.05, 3.63) is 83.7 Å². The Morgan fingerprint density at radius 2 is 1.66 bits per heavy atom. The van der Waals surface area contributed by atoms with Crippen LogP contribution >= 0.6 is 0 Å². The highest BCUT2D eigenvalue weighted by Gasteiger charge is 2.18. The molecule has 0 aromatic heterocycles. The highest BCUT2D eigenvalue weighted by Crippen LogP contribution is 2.33. The zero-order chi connectivity index (χ0) is 22.3. The number of hydrogen-bond donors (Lipinski definition) is 2. The second-order valence-electron chi connectivity index (χ2n) is 7.48. The predicted molar refractivity (Wildman–Crippen MR) is 120 cm³/mol. The Balaban J connectivity index is 1.45. The summed E-state index contributed by atoms with van der Waals surface area (Å²) < 4.78 is 29.6. The van der Waals surface area contributed by atoms with Gasteiger partial charge in [0.1, 0.15) is 11.6 Å². The minimum absolute atomic E-state index is 0.209. The molecule has 0 fully saturated rings. The van der Waals surface area contributed by atoms with E-state index in [0.717, 1.165) is 16.9 Å². The molecular formula is C25H25FN2O4. The highest BCUT2D eigenvalue weighted by molar-refractivity contribution is 5.89. The summed E-state index contributed by atoms with van der Waals surface area (Å²) in [6.07, 6.45) is 1.12. The molecule has 0 saturated heterocycles. The number of benzene rings is 3. The zero-order valence-corrected chi connectivity index (χ0v) is 17.8. The van der Waals surface area contributed by atoms with Crippen molar-refractivity contribution in [2.75, 3.05) is 18.7 Å². The van der Waals surface area contributed by atoms with Crippen molar-refractivity contribution < 1.29 is 23.4 Å². The Kier molecular flexibility index (Phi) is 6.75. The van der Waals surface area contributed by atoms with Crippen molar-refractivity contribution in [3.8, 4) is 17.2 Å². The summed E-state index contributed by atoms with van der Waals surface area (Å²) in [5.41, 5.74) is 2.59. The average Bonchev–Trinajstić information content (AvgIpc) is 3.25. The van der Waals surface area contributed by atoms with Gasteiger partial charge in [-0.3, -0.25) is 0 Å². The maximum atomic E-state index is 13.3. The molecule has 6 nitrogen and oxygen atoms in total. The number of carbonyl (C=O) groups is 1. The van der Waals surface area contributed by atoms with Gasteiger partial charge in [0.25, 0.3) is 0 Å². The smallest absolute Gasteiger partial charge is 0.319 e. The summed E-state index contributed by atoms with van der Waals surface area (Å²) in [5.74, 6) is 1.87. The van der Waals surface area contributed by atoms with Gasteiger partial charge in [0.05, 0.1) is 6.61 Å². The van der Waals surface area contributed by atoms with Crippen LogP contribution in [-0.4, -0.2) is 25.5 Å². The normalized spacial score (nSPS) is 12.8. The van der Waals surface area contributed by atoms with E-state index in [0.29, 0.717) is 36.6 Å². The summed E-state index contributed by atoms with van der Waals surface area (Å²) in [6, 6.07) is 18.7. The Morgan fingerprint density at radius 3 is 2.41 bits per heavy atom. The Hall–Kier alpha value is -3.74. The minimum Gasteiger partial charge on any atom is -0.494 e. The summed E-state index contributed by atoms with van der Waals surface area (Å²) >= 11 is 0. The molecule has 0 bridgehead atoms. The first-order chi connectivity index (χ1) is 15.6. The fourth-order valence-electron chi connectivity index (χ4n) is 3.59. The molecule has 32 heavy (non-hydrogen) atoms. The van der Waals surface area contributed by atoms with E-state index in [-0.39, 0.29) is 24.7 Å².